The van der Waals surface area contributed by atoms with Crippen LogP contribution in [0.4, 0.5) is 0 Å². The molecule has 0 bridgehead atoms. The van der Waals surface area contributed by atoms with Crippen LogP contribution in [-0.4, -0.2) is 15.0 Å². The molecule has 2 aromatic heterocycles. The summed E-state index contributed by atoms with van der Waals surface area (Å²) in [7, 11) is 0. The van der Waals surface area contributed by atoms with Crippen LogP contribution >= 0.6 is 11.3 Å². The number of rotatable bonds is 6. The van der Waals surface area contributed by atoms with Crippen molar-refractivity contribution in [2.75, 3.05) is 0 Å². The van der Waals surface area contributed by atoms with E-state index >= 15 is 0 Å². The number of fused-ring (bicyclic) bond motifs is 6. The van der Waals surface area contributed by atoms with Crippen LogP contribution in [0.3, 0.4) is 0 Å². The smallest absolute Gasteiger partial charge is 0.165 e. The molecule has 266 valence electrons. The molecule has 0 aliphatic carbocycles. The van der Waals surface area contributed by atoms with Crippen molar-refractivity contribution >= 4 is 53.1 Å². The minimum atomic E-state index is 0.649. The molecule has 0 fully saturated rings. The van der Waals surface area contributed by atoms with Gasteiger partial charge in [0.05, 0.1) is 0 Å². The summed E-state index contributed by atoms with van der Waals surface area (Å²) in [5, 5.41) is 7.38. The van der Waals surface area contributed by atoms with Gasteiger partial charge in [-0.25, -0.2) is 15.0 Å². The van der Waals surface area contributed by atoms with Crippen molar-refractivity contribution in [3.8, 4) is 67.5 Å². The van der Waals surface area contributed by atoms with Crippen molar-refractivity contribution < 1.29 is 0 Å². The van der Waals surface area contributed by atoms with Gasteiger partial charge in [-0.1, -0.05) is 170 Å². The van der Waals surface area contributed by atoms with Gasteiger partial charge in [-0.15, -0.1) is 11.3 Å². The summed E-state index contributed by atoms with van der Waals surface area (Å²) in [5.74, 6) is 1.98. The van der Waals surface area contributed by atoms with Gasteiger partial charge in [-0.3, -0.25) is 0 Å². The normalized spacial score (nSPS) is 11.5. The highest BCUT2D eigenvalue weighted by Crippen LogP contribution is 2.41. The first-order valence-corrected chi connectivity index (χ1v) is 20.0. The van der Waals surface area contributed by atoms with E-state index in [-0.39, 0.29) is 0 Å². The highest BCUT2D eigenvalue weighted by Gasteiger charge is 2.17. The van der Waals surface area contributed by atoms with Gasteiger partial charge in [0.15, 0.2) is 17.5 Å². The average Bonchev–Trinajstić information content (AvgIpc) is 3.68. The molecule has 4 heteroatoms. The molecule has 0 radical (unpaired) electrons. The van der Waals surface area contributed by atoms with Crippen molar-refractivity contribution in [2.45, 2.75) is 0 Å². The van der Waals surface area contributed by atoms with E-state index in [4.69, 9.17) is 15.0 Å². The summed E-state index contributed by atoms with van der Waals surface area (Å²) < 4.78 is 2.43. The summed E-state index contributed by atoms with van der Waals surface area (Å²) >= 11 is 1.79. The summed E-state index contributed by atoms with van der Waals surface area (Å²) in [6.07, 6.45) is 0. The zero-order chi connectivity index (χ0) is 37.7. The summed E-state index contributed by atoms with van der Waals surface area (Å²) in [4.78, 5) is 15.3. The monoisotopic (exact) mass is 743 g/mol. The maximum atomic E-state index is 5.15. The summed E-state index contributed by atoms with van der Waals surface area (Å²) in [5.41, 5.74) is 10.1. The van der Waals surface area contributed by atoms with Crippen LogP contribution < -0.4 is 0 Å². The third-order valence-electron chi connectivity index (χ3n) is 10.9. The Morgan fingerprint density at radius 3 is 1.58 bits per heavy atom. The Hall–Kier alpha value is -7.27. The van der Waals surface area contributed by atoms with Crippen LogP contribution in [0.1, 0.15) is 0 Å². The molecule has 9 aromatic carbocycles. The number of nitrogens with zero attached hydrogens (tertiary/aromatic N) is 3. The Labute approximate surface area is 334 Å². The molecule has 0 saturated carbocycles. The zero-order valence-electron chi connectivity index (χ0n) is 30.8. The van der Waals surface area contributed by atoms with Gasteiger partial charge in [-0.05, 0) is 85.3 Å². The van der Waals surface area contributed by atoms with Crippen LogP contribution in [0, 0.1) is 0 Å². The molecule has 0 N–H and O–H groups in total. The minimum Gasteiger partial charge on any atom is -0.208 e. The van der Waals surface area contributed by atoms with Gasteiger partial charge >= 0.3 is 0 Å². The van der Waals surface area contributed by atoms with Gasteiger partial charge in [0.25, 0.3) is 0 Å². The Balaban J connectivity index is 0.998. The average molecular weight is 744 g/mol. The van der Waals surface area contributed by atoms with Crippen LogP contribution in [0.25, 0.3) is 109 Å². The van der Waals surface area contributed by atoms with E-state index in [1.807, 2.05) is 18.2 Å². The third kappa shape index (κ3) is 5.95. The molecule has 0 amide bonds. The van der Waals surface area contributed by atoms with E-state index in [2.05, 4.69) is 182 Å². The number of hydrogen-bond acceptors (Lipinski definition) is 4. The molecule has 57 heavy (non-hydrogen) atoms. The van der Waals surface area contributed by atoms with Crippen molar-refractivity contribution in [1.29, 1.82) is 0 Å². The fourth-order valence-electron chi connectivity index (χ4n) is 8.09. The van der Waals surface area contributed by atoms with Crippen LogP contribution in [0.5, 0.6) is 0 Å². The Morgan fingerprint density at radius 2 is 0.807 bits per heavy atom. The first kappa shape index (κ1) is 33.1. The van der Waals surface area contributed by atoms with Crippen molar-refractivity contribution in [3.63, 3.8) is 0 Å². The molecule has 0 spiro atoms. The number of thiophene rings is 1. The molecule has 11 aromatic rings. The van der Waals surface area contributed by atoms with E-state index in [9.17, 15) is 0 Å². The molecule has 0 atom stereocenters. The lowest BCUT2D eigenvalue weighted by atomic mass is 9.91. The highest BCUT2D eigenvalue weighted by molar-refractivity contribution is 7.26. The standard InChI is InChI=1S/C53H33N3S/c1-3-13-34(14-4-1)38-17-11-18-39(31-38)40-29-30-41-33-47(42-19-7-8-20-43(42)48(41)32-40)35-25-27-37(28-26-35)52-54-51(36-15-5-2-6-16-36)55-53(56-52)46-23-12-22-45-44-21-9-10-24-49(44)57-50(45)46/h1-33H. The lowest BCUT2D eigenvalue weighted by Crippen LogP contribution is -2.00. The van der Waals surface area contributed by atoms with Crippen molar-refractivity contribution in [1.82, 2.24) is 15.0 Å². The molecular formula is C53H33N3S. The number of aromatic nitrogens is 3. The van der Waals surface area contributed by atoms with Gasteiger partial charge < -0.3 is 0 Å². The topological polar surface area (TPSA) is 38.7 Å². The Morgan fingerprint density at radius 1 is 0.281 bits per heavy atom. The molecule has 0 unspecified atom stereocenters. The fourth-order valence-corrected chi connectivity index (χ4v) is 9.30. The second-order valence-electron chi connectivity index (χ2n) is 14.4. The maximum absolute atomic E-state index is 5.15. The lowest BCUT2D eigenvalue weighted by Gasteiger charge is -2.14. The molecule has 0 aliphatic rings. The Bertz CT molecular complexity index is 3280. The van der Waals surface area contributed by atoms with Gasteiger partial charge in [0, 0.05) is 36.9 Å². The van der Waals surface area contributed by atoms with Gasteiger partial charge in [-0.2, -0.15) is 0 Å². The number of benzene rings is 9. The maximum Gasteiger partial charge on any atom is 0.165 e. The zero-order valence-corrected chi connectivity index (χ0v) is 31.6. The molecule has 11 rings (SSSR count). The molecule has 3 nitrogen and oxygen atoms in total. The third-order valence-corrected chi connectivity index (χ3v) is 12.2. The van der Waals surface area contributed by atoms with Crippen molar-refractivity contribution in [3.05, 3.63) is 200 Å². The van der Waals surface area contributed by atoms with E-state index in [1.165, 1.54) is 69.5 Å². The van der Waals surface area contributed by atoms with Crippen molar-refractivity contribution in [2.24, 2.45) is 0 Å². The van der Waals surface area contributed by atoms with Crippen LogP contribution in [0.15, 0.2) is 200 Å². The molecule has 0 aliphatic heterocycles. The predicted octanol–water partition coefficient (Wildman–Crippen LogP) is 14.5. The lowest BCUT2D eigenvalue weighted by molar-refractivity contribution is 1.08. The molecular weight excluding hydrogens is 711 g/mol. The summed E-state index contributed by atoms with van der Waals surface area (Å²) in [6, 6.07) is 71.2. The quantitative estimate of drug-likeness (QED) is 0.159. The van der Waals surface area contributed by atoms with E-state index < -0.39 is 0 Å². The van der Waals surface area contributed by atoms with E-state index in [0.29, 0.717) is 17.5 Å². The highest BCUT2D eigenvalue weighted by atomic mass is 32.1. The largest absolute Gasteiger partial charge is 0.208 e. The summed E-state index contributed by atoms with van der Waals surface area (Å²) in [6.45, 7) is 0. The fraction of sp³-hybridized carbons (Fsp3) is 0. The number of hydrogen-bond donors (Lipinski definition) is 0. The first-order chi connectivity index (χ1) is 28.2. The van der Waals surface area contributed by atoms with E-state index in [1.54, 1.807) is 11.3 Å². The predicted molar refractivity (Wildman–Crippen MR) is 240 cm³/mol. The minimum absolute atomic E-state index is 0.649. The Kier molecular flexibility index (Phi) is 8.01. The van der Waals surface area contributed by atoms with Gasteiger partial charge in [0.2, 0.25) is 0 Å². The van der Waals surface area contributed by atoms with Crippen LogP contribution in [0.2, 0.25) is 0 Å². The molecule has 0 saturated heterocycles. The van der Waals surface area contributed by atoms with Crippen LogP contribution in [-0.2, 0) is 0 Å². The SMILES string of the molecule is c1ccc(-c2cccc(-c3ccc4cc(-c5ccc(-c6nc(-c7ccccc7)nc(-c7cccc8c7sc7ccccc78)n6)cc5)c5ccccc5c4c3)c2)cc1. The first-order valence-electron chi connectivity index (χ1n) is 19.2. The second-order valence-corrected chi connectivity index (χ2v) is 15.4. The second kappa shape index (κ2) is 13.8. The van der Waals surface area contributed by atoms with Gasteiger partial charge in [0.1, 0.15) is 0 Å². The molecule has 2 heterocycles. The van der Waals surface area contributed by atoms with E-state index in [0.717, 1.165) is 22.3 Å².